The smallest absolute Gasteiger partial charge is 0.271 e. The van der Waals surface area contributed by atoms with E-state index in [4.69, 9.17) is 4.74 Å². The fourth-order valence-corrected chi connectivity index (χ4v) is 2.16. The molecule has 1 saturated carbocycles. The molecule has 1 saturated heterocycles. The minimum absolute atomic E-state index is 0.108. The Kier molecular flexibility index (Phi) is 2.84. The van der Waals surface area contributed by atoms with Gasteiger partial charge in [-0.3, -0.25) is 9.89 Å². The van der Waals surface area contributed by atoms with Gasteiger partial charge in [0, 0.05) is 24.8 Å². The van der Waals surface area contributed by atoms with E-state index in [1.807, 2.05) is 6.07 Å². The molecule has 2 N–H and O–H groups in total. The van der Waals surface area contributed by atoms with E-state index in [-0.39, 0.29) is 12.0 Å². The lowest BCUT2D eigenvalue weighted by Crippen LogP contribution is -2.31. The zero-order chi connectivity index (χ0) is 11.7. The van der Waals surface area contributed by atoms with E-state index in [1.54, 1.807) is 0 Å². The molecule has 1 aromatic rings. The summed E-state index contributed by atoms with van der Waals surface area (Å²) in [5.74, 6) is 0.492. The van der Waals surface area contributed by atoms with Gasteiger partial charge in [-0.05, 0) is 31.7 Å². The van der Waals surface area contributed by atoms with E-state index in [1.165, 1.54) is 12.8 Å². The highest BCUT2D eigenvalue weighted by Crippen LogP contribution is 2.38. The summed E-state index contributed by atoms with van der Waals surface area (Å²) >= 11 is 0. The number of aromatic nitrogens is 2. The Labute approximate surface area is 99.9 Å². The molecular formula is C12H17N3O2. The van der Waals surface area contributed by atoms with Gasteiger partial charge in [-0.15, -0.1) is 0 Å². The van der Waals surface area contributed by atoms with Crippen LogP contribution in [0.3, 0.4) is 0 Å². The van der Waals surface area contributed by atoms with Crippen LogP contribution in [0.25, 0.3) is 0 Å². The molecule has 3 rings (SSSR count). The minimum Gasteiger partial charge on any atom is -0.376 e. The number of rotatable bonds is 4. The van der Waals surface area contributed by atoms with Crippen molar-refractivity contribution >= 4 is 5.91 Å². The molecule has 5 heteroatoms. The van der Waals surface area contributed by atoms with Gasteiger partial charge < -0.3 is 10.1 Å². The molecule has 2 aliphatic rings. The second kappa shape index (κ2) is 4.49. The molecular weight excluding hydrogens is 218 g/mol. The van der Waals surface area contributed by atoms with Crippen molar-refractivity contribution in [3.05, 3.63) is 17.5 Å². The van der Waals surface area contributed by atoms with E-state index in [2.05, 4.69) is 15.5 Å². The summed E-state index contributed by atoms with van der Waals surface area (Å²) in [4.78, 5) is 11.8. The van der Waals surface area contributed by atoms with Crippen LogP contribution in [0.15, 0.2) is 6.07 Å². The summed E-state index contributed by atoms with van der Waals surface area (Å²) in [5.41, 5.74) is 1.58. The van der Waals surface area contributed by atoms with Crippen molar-refractivity contribution in [2.45, 2.75) is 37.7 Å². The molecule has 5 nitrogen and oxygen atoms in total. The minimum atomic E-state index is -0.108. The first-order chi connectivity index (χ1) is 8.33. The molecule has 1 amide bonds. The fraction of sp³-hybridized carbons (Fsp3) is 0.667. The van der Waals surface area contributed by atoms with Gasteiger partial charge in [0.05, 0.1) is 6.10 Å². The predicted molar refractivity (Wildman–Crippen MR) is 61.9 cm³/mol. The van der Waals surface area contributed by atoms with Gasteiger partial charge in [0.1, 0.15) is 5.69 Å². The summed E-state index contributed by atoms with van der Waals surface area (Å²) in [6.45, 7) is 1.40. The zero-order valence-electron chi connectivity index (χ0n) is 9.74. The number of carbonyl (C=O) groups is 1. The van der Waals surface area contributed by atoms with E-state index in [9.17, 15) is 4.79 Å². The molecule has 2 fully saturated rings. The summed E-state index contributed by atoms with van der Waals surface area (Å²) in [7, 11) is 0. The number of amides is 1. The maximum Gasteiger partial charge on any atom is 0.271 e. The van der Waals surface area contributed by atoms with Crippen LogP contribution < -0.4 is 5.32 Å². The highest BCUT2D eigenvalue weighted by Gasteiger charge is 2.26. The predicted octanol–water partition coefficient (Wildman–Crippen LogP) is 1.20. The van der Waals surface area contributed by atoms with Gasteiger partial charge in [0.2, 0.25) is 0 Å². The lowest BCUT2D eigenvalue weighted by molar-refractivity contribution is 0.0853. The third-order valence-electron chi connectivity index (χ3n) is 3.36. The summed E-state index contributed by atoms with van der Waals surface area (Å²) < 4.78 is 5.45. The van der Waals surface area contributed by atoms with Crippen LogP contribution in [0.1, 0.15) is 47.8 Å². The summed E-state index contributed by atoms with van der Waals surface area (Å²) in [5, 5.41) is 9.85. The standard InChI is InChI=1S/C12H17N3O2/c16-12(13-7-9-2-1-5-17-9)11-6-10(14-15-11)8-3-4-8/h6,8-9H,1-5,7H2,(H,13,16)(H,14,15)/t9-/m0/s1. The number of ether oxygens (including phenoxy) is 1. The first kappa shape index (κ1) is 10.8. The van der Waals surface area contributed by atoms with Crippen LogP contribution in [-0.4, -0.2) is 35.4 Å². The first-order valence-electron chi connectivity index (χ1n) is 6.28. The number of hydrogen-bond donors (Lipinski definition) is 2. The normalized spacial score (nSPS) is 23.9. The van der Waals surface area contributed by atoms with Crippen molar-refractivity contribution in [3.8, 4) is 0 Å². The van der Waals surface area contributed by atoms with E-state index in [0.717, 1.165) is 25.1 Å². The van der Waals surface area contributed by atoms with E-state index < -0.39 is 0 Å². The van der Waals surface area contributed by atoms with Crippen molar-refractivity contribution in [1.29, 1.82) is 0 Å². The molecule has 0 spiro atoms. The molecule has 17 heavy (non-hydrogen) atoms. The SMILES string of the molecule is O=C(NC[C@@H]1CCCO1)c1cc(C2CC2)[nH]n1. The van der Waals surface area contributed by atoms with Gasteiger partial charge in [-0.2, -0.15) is 5.10 Å². The van der Waals surface area contributed by atoms with Crippen LogP contribution in [0, 0.1) is 0 Å². The van der Waals surface area contributed by atoms with Crippen molar-refractivity contribution in [3.63, 3.8) is 0 Å². The monoisotopic (exact) mass is 235 g/mol. The van der Waals surface area contributed by atoms with Crippen molar-refractivity contribution in [2.75, 3.05) is 13.2 Å². The average Bonchev–Trinajstić information content (AvgIpc) is 2.88. The van der Waals surface area contributed by atoms with Gasteiger partial charge in [-0.1, -0.05) is 0 Å². The molecule has 1 aliphatic heterocycles. The van der Waals surface area contributed by atoms with Crippen molar-refractivity contribution in [2.24, 2.45) is 0 Å². The molecule has 0 bridgehead atoms. The maximum atomic E-state index is 11.8. The molecule has 2 heterocycles. The quantitative estimate of drug-likeness (QED) is 0.824. The summed E-state index contributed by atoms with van der Waals surface area (Å²) in [6, 6.07) is 1.86. The topological polar surface area (TPSA) is 67.0 Å². The van der Waals surface area contributed by atoms with Crippen LogP contribution in [0.4, 0.5) is 0 Å². The lowest BCUT2D eigenvalue weighted by atomic mass is 10.2. The number of hydrogen-bond acceptors (Lipinski definition) is 3. The Morgan fingerprint density at radius 2 is 2.41 bits per heavy atom. The third-order valence-corrected chi connectivity index (χ3v) is 3.36. The van der Waals surface area contributed by atoms with Crippen molar-refractivity contribution in [1.82, 2.24) is 15.5 Å². The largest absolute Gasteiger partial charge is 0.376 e. The summed E-state index contributed by atoms with van der Waals surface area (Å²) in [6.07, 6.45) is 4.72. The molecule has 1 aromatic heterocycles. The van der Waals surface area contributed by atoms with Crippen LogP contribution >= 0.6 is 0 Å². The van der Waals surface area contributed by atoms with Gasteiger partial charge in [0.15, 0.2) is 0 Å². The van der Waals surface area contributed by atoms with Gasteiger partial charge in [-0.25, -0.2) is 0 Å². The molecule has 0 radical (unpaired) electrons. The van der Waals surface area contributed by atoms with Crippen molar-refractivity contribution < 1.29 is 9.53 Å². The number of carbonyl (C=O) groups excluding carboxylic acids is 1. The van der Waals surface area contributed by atoms with Crippen LogP contribution in [-0.2, 0) is 4.74 Å². The lowest BCUT2D eigenvalue weighted by Gasteiger charge is -2.09. The Morgan fingerprint density at radius 3 is 3.12 bits per heavy atom. The van der Waals surface area contributed by atoms with E-state index in [0.29, 0.717) is 18.2 Å². The first-order valence-corrected chi connectivity index (χ1v) is 6.28. The molecule has 0 unspecified atom stereocenters. The highest BCUT2D eigenvalue weighted by atomic mass is 16.5. The number of aromatic amines is 1. The fourth-order valence-electron chi connectivity index (χ4n) is 2.16. The van der Waals surface area contributed by atoms with Crippen LogP contribution in [0.5, 0.6) is 0 Å². The molecule has 1 aliphatic carbocycles. The molecule has 0 aromatic carbocycles. The Bertz CT molecular complexity index is 406. The molecule has 92 valence electrons. The highest BCUT2D eigenvalue weighted by molar-refractivity contribution is 5.92. The second-order valence-electron chi connectivity index (χ2n) is 4.83. The number of nitrogens with zero attached hydrogens (tertiary/aromatic N) is 1. The van der Waals surface area contributed by atoms with Gasteiger partial charge >= 0.3 is 0 Å². The van der Waals surface area contributed by atoms with E-state index >= 15 is 0 Å². The maximum absolute atomic E-state index is 11.8. The number of nitrogens with one attached hydrogen (secondary N) is 2. The Balaban J connectivity index is 1.53. The third kappa shape index (κ3) is 2.49. The van der Waals surface area contributed by atoms with Crippen LogP contribution in [0.2, 0.25) is 0 Å². The molecule has 1 atom stereocenters. The average molecular weight is 235 g/mol. The van der Waals surface area contributed by atoms with Gasteiger partial charge in [0.25, 0.3) is 5.91 Å². The zero-order valence-corrected chi connectivity index (χ0v) is 9.74. The Hall–Kier alpha value is -1.36. The Morgan fingerprint density at radius 1 is 1.53 bits per heavy atom. The number of H-pyrrole nitrogens is 1. The second-order valence-corrected chi connectivity index (χ2v) is 4.83.